The molecule has 1 aliphatic rings. The Morgan fingerprint density at radius 3 is 2.73 bits per heavy atom. The van der Waals surface area contributed by atoms with Gasteiger partial charge < -0.3 is 9.84 Å². The third kappa shape index (κ3) is 3.55. The number of rotatable bonds is 6. The minimum atomic E-state index is -0.941. The third-order valence-electron chi connectivity index (χ3n) is 4.68. The minimum absolute atomic E-state index is 0.242. The Kier molecular flexibility index (Phi) is 5.52. The van der Waals surface area contributed by atoms with Crippen LogP contribution in [-0.4, -0.2) is 35.2 Å². The van der Waals surface area contributed by atoms with Gasteiger partial charge in [-0.2, -0.15) is 0 Å². The number of nitrogens with zero attached hydrogens (tertiary/aromatic N) is 1. The van der Waals surface area contributed by atoms with E-state index in [1.807, 2.05) is 13.0 Å². The van der Waals surface area contributed by atoms with Crippen LogP contribution < -0.4 is 4.74 Å². The summed E-state index contributed by atoms with van der Waals surface area (Å²) in [5, 5.41) is 9.59. The third-order valence-corrected chi connectivity index (χ3v) is 4.68. The summed E-state index contributed by atoms with van der Waals surface area (Å²) >= 11 is 0. The highest BCUT2D eigenvalue weighted by molar-refractivity contribution is 5.74. The summed E-state index contributed by atoms with van der Waals surface area (Å²) in [4.78, 5) is 13.5. The fourth-order valence-electron chi connectivity index (χ4n) is 3.60. The fraction of sp³-hybridized carbons (Fsp3) is 0.350. The summed E-state index contributed by atoms with van der Waals surface area (Å²) in [5.41, 5.74) is 0.916. The minimum Gasteiger partial charge on any atom is -0.494 e. The Labute approximate surface area is 151 Å². The number of carboxylic acid groups (broad SMARTS) is 1. The smallest absolute Gasteiger partial charge is 0.320 e. The van der Waals surface area contributed by atoms with Gasteiger partial charge in [-0.1, -0.05) is 24.3 Å². The molecule has 2 atom stereocenters. The van der Waals surface area contributed by atoms with Crippen molar-refractivity contribution in [2.75, 3.05) is 13.2 Å². The highest BCUT2D eigenvalue weighted by Gasteiger charge is 2.38. The van der Waals surface area contributed by atoms with E-state index < -0.39 is 29.7 Å². The summed E-state index contributed by atoms with van der Waals surface area (Å²) in [6, 6.07) is 9.21. The highest BCUT2D eigenvalue weighted by atomic mass is 19.1. The van der Waals surface area contributed by atoms with Crippen LogP contribution in [0.4, 0.5) is 8.78 Å². The van der Waals surface area contributed by atoms with Gasteiger partial charge in [0, 0.05) is 23.7 Å². The van der Waals surface area contributed by atoms with Crippen LogP contribution in [-0.2, 0) is 4.79 Å². The highest BCUT2D eigenvalue weighted by Crippen LogP contribution is 2.40. The maximum Gasteiger partial charge on any atom is 0.320 e. The lowest BCUT2D eigenvalue weighted by molar-refractivity contribution is -0.142. The van der Waals surface area contributed by atoms with E-state index in [0.717, 1.165) is 6.07 Å². The monoisotopic (exact) mass is 361 g/mol. The van der Waals surface area contributed by atoms with Gasteiger partial charge in [-0.05, 0) is 31.9 Å². The number of ether oxygens (including phenoxy) is 1. The van der Waals surface area contributed by atoms with Crippen molar-refractivity contribution in [1.29, 1.82) is 0 Å². The maximum absolute atomic E-state index is 14.6. The molecule has 0 aromatic heterocycles. The number of hydrogen-bond acceptors (Lipinski definition) is 3. The zero-order valence-corrected chi connectivity index (χ0v) is 14.5. The van der Waals surface area contributed by atoms with Gasteiger partial charge in [0.25, 0.3) is 0 Å². The van der Waals surface area contributed by atoms with Crippen molar-refractivity contribution in [3.05, 3.63) is 65.2 Å². The van der Waals surface area contributed by atoms with Gasteiger partial charge in [-0.25, -0.2) is 8.78 Å². The molecular formula is C20H21F2NO3. The van der Waals surface area contributed by atoms with E-state index in [4.69, 9.17) is 4.74 Å². The standard InChI is InChI=1S/C20H21F2NO3/c1-2-26-18-8-4-3-6-15(18)19(14-10-9-13(21)12-16(14)22)23-11-5-7-17(23)20(24)25/h3-4,6,8-10,12,17,19H,2,5,7,11H2,1H3,(H,24,25). The molecule has 2 unspecified atom stereocenters. The van der Waals surface area contributed by atoms with Gasteiger partial charge in [0.1, 0.15) is 23.4 Å². The largest absolute Gasteiger partial charge is 0.494 e. The van der Waals surface area contributed by atoms with E-state index in [9.17, 15) is 18.7 Å². The number of likely N-dealkylation sites (tertiary alicyclic amines) is 1. The predicted molar refractivity (Wildman–Crippen MR) is 93.2 cm³/mol. The van der Waals surface area contributed by atoms with Crippen LogP contribution in [0.5, 0.6) is 5.75 Å². The normalized spacial score (nSPS) is 18.7. The van der Waals surface area contributed by atoms with Crippen molar-refractivity contribution in [3.63, 3.8) is 0 Å². The van der Waals surface area contributed by atoms with Crippen LogP contribution >= 0.6 is 0 Å². The van der Waals surface area contributed by atoms with Crippen LogP contribution in [0.25, 0.3) is 0 Å². The molecule has 1 heterocycles. The Morgan fingerprint density at radius 1 is 1.27 bits per heavy atom. The van der Waals surface area contributed by atoms with Crippen molar-refractivity contribution in [1.82, 2.24) is 4.90 Å². The predicted octanol–water partition coefficient (Wildman–Crippen LogP) is 4.00. The lowest BCUT2D eigenvalue weighted by Gasteiger charge is -2.33. The van der Waals surface area contributed by atoms with Crippen LogP contribution in [0.1, 0.15) is 36.9 Å². The van der Waals surface area contributed by atoms with Crippen molar-refractivity contribution in [2.24, 2.45) is 0 Å². The molecule has 2 aromatic carbocycles. The summed E-state index contributed by atoms with van der Waals surface area (Å²) in [5.74, 6) is -1.74. The van der Waals surface area contributed by atoms with Crippen molar-refractivity contribution in [2.45, 2.75) is 31.8 Å². The lowest BCUT2D eigenvalue weighted by Crippen LogP contribution is -2.39. The Hall–Kier alpha value is -2.47. The summed E-state index contributed by atoms with van der Waals surface area (Å²) in [7, 11) is 0. The van der Waals surface area contributed by atoms with E-state index >= 15 is 0 Å². The molecule has 1 N–H and O–H groups in total. The lowest BCUT2D eigenvalue weighted by atomic mass is 9.95. The Balaban J connectivity index is 2.15. The van der Waals surface area contributed by atoms with Crippen LogP contribution in [0.3, 0.4) is 0 Å². The number of hydrogen-bond donors (Lipinski definition) is 1. The van der Waals surface area contributed by atoms with Crippen molar-refractivity contribution in [3.8, 4) is 5.75 Å². The molecule has 1 saturated heterocycles. The zero-order valence-electron chi connectivity index (χ0n) is 14.5. The molecule has 6 heteroatoms. The quantitative estimate of drug-likeness (QED) is 0.845. The molecule has 0 spiro atoms. The number of benzene rings is 2. The van der Waals surface area contributed by atoms with E-state index in [0.29, 0.717) is 37.3 Å². The van der Waals surface area contributed by atoms with E-state index in [2.05, 4.69) is 0 Å². The second-order valence-corrected chi connectivity index (χ2v) is 6.27. The van der Waals surface area contributed by atoms with Crippen molar-refractivity contribution >= 4 is 5.97 Å². The first-order valence-corrected chi connectivity index (χ1v) is 8.68. The first kappa shape index (κ1) is 18.3. The van der Waals surface area contributed by atoms with Gasteiger partial charge in [0.2, 0.25) is 0 Å². The molecule has 1 fully saturated rings. The Morgan fingerprint density at radius 2 is 2.04 bits per heavy atom. The molecule has 0 saturated carbocycles. The molecule has 0 radical (unpaired) electrons. The number of aliphatic carboxylic acids is 1. The van der Waals surface area contributed by atoms with Crippen molar-refractivity contribution < 1.29 is 23.4 Å². The molecule has 2 aromatic rings. The second kappa shape index (κ2) is 7.83. The molecule has 0 aliphatic carbocycles. The number of carboxylic acids is 1. The SMILES string of the molecule is CCOc1ccccc1C(c1ccc(F)cc1F)N1CCCC1C(=O)O. The molecule has 3 rings (SSSR count). The number of halogens is 2. The molecule has 4 nitrogen and oxygen atoms in total. The van der Waals surface area contributed by atoms with Crippen LogP contribution in [0, 0.1) is 11.6 Å². The first-order chi connectivity index (χ1) is 12.5. The summed E-state index contributed by atoms with van der Waals surface area (Å²) in [6.07, 6.45) is 1.19. The van der Waals surface area contributed by atoms with Gasteiger partial charge >= 0.3 is 5.97 Å². The summed E-state index contributed by atoms with van der Waals surface area (Å²) < 4.78 is 33.7. The number of para-hydroxylation sites is 1. The van der Waals surface area contributed by atoms with Gasteiger partial charge in [-0.15, -0.1) is 0 Å². The second-order valence-electron chi connectivity index (χ2n) is 6.27. The molecule has 0 bridgehead atoms. The van der Waals surface area contributed by atoms with E-state index in [1.54, 1.807) is 23.1 Å². The molecule has 1 aliphatic heterocycles. The van der Waals surface area contributed by atoms with Crippen LogP contribution in [0.2, 0.25) is 0 Å². The van der Waals surface area contributed by atoms with Crippen LogP contribution in [0.15, 0.2) is 42.5 Å². The first-order valence-electron chi connectivity index (χ1n) is 8.68. The molecule has 0 amide bonds. The topological polar surface area (TPSA) is 49.8 Å². The van der Waals surface area contributed by atoms with Gasteiger partial charge in [0.15, 0.2) is 0 Å². The molecular weight excluding hydrogens is 340 g/mol. The zero-order chi connectivity index (χ0) is 18.7. The van der Waals surface area contributed by atoms with E-state index in [-0.39, 0.29) is 5.56 Å². The summed E-state index contributed by atoms with van der Waals surface area (Å²) in [6.45, 7) is 2.79. The molecule has 26 heavy (non-hydrogen) atoms. The maximum atomic E-state index is 14.6. The Bertz CT molecular complexity index is 796. The molecule has 138 valence electrons. The van der Waals surface area contributed by atoms with Gasteiger partial charge in [0.05, 0.1) is 12.6 Å². The van der Waals surface area contributed by atoms with E-state index in [1.165, 1.54) is 12.1 Å². The van der Waals surface area contributed by atoms with Gasteiger partial charge in [-0.3, -0.25) is 9.69 Å². The average Bonchev–Trinajstić information content (AvgIpc) is 3.08. The number of carbonyl (C=O) groups is 1. The average molecular weight is 361 g/mol. The fourth-order valence-corrected chi connectivity index (χ4v) is 3.60.